The maximum atomic E-state index is 12.7. The van der Waals surface area contributed by atoms with Crippen LogP contribution in [-0.4, -0.2) is 16.9 Å². The number of rotatable bonds is 3. The van der Waals surface area contributed by atoms with Crippen LogP contribution in [-0.2, 0) is 23.2 Å². The first-order valence-electron chi connectivity index (χ1n) is 7.96. The van der Waals surface area contributed by atoms with Crippen molar-refractivity contribution in [2.45, 2.75) is 37.8 Å². The minimum atomic E-state index is -1.13. The average molecular weight is 389 g/mol. The molecule has 24 heavy (non-hydrogen) atoms. The maximum absolute atomic E-state index is 12.7. The quantitative estimate of drug-likeness (QED) is 0.752. The van der Waals surface area contributed by atoms with Gasteiger partial charge in [0.25, 0.3) is 0 Å². The zero-order chi connectivity index (χ0) is 17.3. The maximum Gasteiger partial charge on any atom is 0.248 e. The number of carbonyl (C=O) groups is 1. The van der Waals surface area contributed by atoms with Crippen molar-refractivity contribution >= 4 is 27.5 Å². The molecule has 6 heteroatoms. The van der Waals surface area contributed by atoms with Crippen LogP contribution < -0.4 is 16.8 Å². The molecule has 0 spiro atoms. The molecule has 0 bridgehead atoms. The summed E-state index contributed by atoms with van der Waals surface area (Å²) in [5.74, 6) is -0.272. The van der Waals surface area contributed by atoms with E-state index in [0.717, 1.165) is 40.6 Å². The lowest BCUT2D eigenvalue weighted by Crippen LogP contribution is -2.45. The molecule has 1 amide bonds. The fourth-order valence-corrected chi connectivity index (χ4v) is 3.17. The first-order valence-corrected chi connectivity index (χ1v) is 8.75. The van der Waals surface area contributed by atoms with Crippen molar-refractivity contribution in [2.24, 2.45) is 11.5 Å². The molecule has 0 saturated carbocycles. The number of hydrogen-bond acceptors (Lipinski definition) is 4. The second-order valence-electron chi connectivity index (χ2n) is 6.50. The average Bonchev–Trinajstić information content (AvgIpc) is 2.54. The van der Waals surface area contributed by atoms with Crippen molar-refractivity contribution in [3.63, 3.8) is 0 Å². The van der Waals surface area contributed by atoms with E-state index in [1.165, 1.54) is 0 Å². The van der Waals surface area contributed by atoms with Crippen LogP contribution in [0, 0.1) is 0 Å². The normalized spacial score (nSPS) is 19.2. The molecule has 2 aromatic rings. The molecule has 1 aliphatic carbocycles. The Labute approximate surface area is 150 Å². The lowest BCUT2D eigenvalue weighted by molar-refractivity contribution is -0.120. The number of nitrogens with one attached hydrogen (secondary N) is 1. The number of aromatic nitrogens is 1. The molecule has 1 aromatic carbocycles. The number of halogens is 1. The van der Waals surface area contributed by atoms with E-state index in [1.54, 1.807) is 13.1 Å². The standard InChI is InChI=1S/C18H21BrN4O/c1-18(21,12-2-4-13(19)5-3-12)17(24)23-15-9-11-8-14(20)6-7-16(11)22-10-15/h2-5,9-10,14H,6-8,20-21H2,1H3,(H,23,24). The highest BCUT2D eigenvalue weighted by molar-refractivity contribution is 9.10. The van der Waals surface area contributed by atoms with Gasteiger partial charge in [0, 0.05) is 16.2 Å². The van der Waals surface area contributed by atoms with E-state index in [2.05, 4.69) is 26.2 Å². The van der Waals surface area contributed by atoms with Crippen LogP contribution in [0.3, 0.4) is 0 Å². The highest BCUT2D eigenvalue weighted by Crippen LogP contribution is 2.25. The molecule has 3 rings (SSSR count). The fraction of sp³-hybridized carbons (Fsp3) is 0.333. The number of anilines is 1. The van der Waals surface area contributed by atoms with Crippen molar-refractivity contribution in [3.05, 3.63) is 57.8 Å². The van der Waals surface area contributed by atoms with E-state index < -0.39 is 5.54 Å². The topological polar surface area (TPSA) is 94.0 Å². The highest BCUT2D eigenvalue weighted by Gasteiger charge is 2.31. The number of nitrogens with zero attached hydrogens (tertiary/aromatic N) is 1. The number of hydrogen-bond donors (Lipinski definition) is 3. The largest absolute Gasteiger partial charge is 0.327 e. The van der Waals surface area contributed by atoms with Crippen LogP contribution in [0.2, 0.25) is 0 Å². The van der Waals surface area contributed by atoms with Gasteiger partial charge in [-0.3, -0.25) is 9.78 Å². The molecule has 0 saturated heterocycles. The molecule has 2 unspecified atom stereocenters. The molecular weight excluding hydrogens is 368 g/mol. The van der Waals surface area contributed by atoms with Gasteiger partial charge in [0.2, 0.25) is 5.91 Å². The van der Waals surface area contributed by atoms with Crippen LogP contribution >= 0.6 is 15.9 Å². The Morgan fingerprint density at radius 1 is 1.38 bits per heavy atom. The lowest BCUT2D eigenvalue weighted by Gasteiger charge is -2.25. The van der Waals surface area contributed by atoms with Gasteiger partial charge in [0.05, 0.1) is 11.9 Å². The molecule has 5 nitrogen and oxygen atoms in total. The Morgan fingerprint density at radius 2 is 2.08 bits per heavy atom. The summed E-state index contributed by atoms with van der Waals surface area (Å²) < 4.78 is 0.942. The summed E-state index contributed by atoms with van der Waals surface area (Å²) in [6.07, 6.45) is 4.32. The Balaban J connectivity index is 1.79. The minimum absolute atomic E-state index is 0.160. The molecule has 1 aliphatic rings. The summed E-state index contributed by atoms with van der Waals surface area (Å²) in [5.41, 5.74) is 14.7. The smallest absolute Gasteiger partial charge is 0.248 e. The van der Waals surface area contributed by atoms with E-state index in [9.17, 15) is 4.79 Å². The highest BCUT2D eigenvalue weighted by atomic mass is 79.9. The van der Waals surface area contributed by atoms with E-state index in [-0.39, 0.29) is 11.9 Å². The van der Waals surface area contributed by atoms with Crippen LogP contribution in [0.25, 0.3) is 0 Å². The molecule has 2 atom stereocenters. The number of fused-ring (bicyclic) bond motifs is 1. The third-order valence-electron chi connectivity index (χ3n) is 4.47. The summed E-state index contributed by atoms with van der Waals surface area (Å²) in [6.45, 7) is 1.70. The number of pyridine rings is 1. The van der Waals surface area contributed by atoms with E-state index in [0.29, 0.717) is 5.69 Å². The number of benzene rings is 1. The zero-order valence-corrected chi connectivity index (χ0v) is 15.1. The van der Waals surface area contributed by atoms with Gasteiger partial charge < -0.3 is 16.8 Å². The number of nitrogens with two attached hydrogens (primary N) is 2. The summed E-state index contributed by atoms with van der Waals surface area (Å²) in [4.78, 5) is 17.1. The van der Waals surface area contributed by atoms with Crippen LogP contribution in [0.4, 0.5) is 5.69 Å². The first kappa shape index (κ1) is 17.1. The lowest BCUT2D eigenvalue weighted by atomic mass is 9.91. The Hall–Kier alpha value is -1.76. The van der Waals surface area contributed by atoms with Crippen molar-refractivity contribution < 1.29 is 4.79 Å². The second kappa shape index (κ2) is 6.63. The van der Waals surface area contributed by atoms with Crippen LogP contribution in [0.1, 0.15) is 30.2 Å². The van der Waals surface area contributed by atoms with Crippen molar-refractivity contribution in [3.8, 4) is 0 Å². The van der Waals surface area contributed by atoms with E-state index >= 15 is 0 Å². The molecule has 126 valence electrons. The molecule has 5 N–H and O–H groups in total. The third-order valence-corrected chi connectivity index (χ3v) is 5.00. The van der Waals surface area contributed by atoms with Gasteiger partial charge >= 0.3 is 0 Å². The van der Waals surface area contributed by atoms with Crippen molar-refractivity contribution in [1.82, 2.24) is 4.98 Å². The van der Waals surface area contributed by atoms with Crippen LogP contribution in [0.15, 0.2) is 41.0 Å². The van der Waals surface area contributed by atoms with Gasteiger partial charge in [0.1, 0.15) is 5.54 Å². The molecule has 1 aromatic heterocycles. The Kier molecular flexibility index (Phi) is 4.71. The summed E-state index contributed by atoms with van der Waals surface area (Å²) in [5, 5.41) is 2.88. The predicted molar refractivity (Wildman–Crippen MR) is 98.5 cm³/mol. The van der Waals surface area contributed by atoms with Gasteiger partial charge in [-0.05, 0) is 55.5 Å². The molecule has 0 radical (unpaired) electrons. The first-order chi connectivity index (χ1) is 11.4. The van der Waals surface area contributed by atoms with Gasteiger partial charge in [-0.15, -0.1) is 0 Å². The van der Waals surface area contributed by atoms with E-state index in [4.69, 9.17) is 11.5 Å². The summed E-state index contributed by atoms with van der Waals surface area (Å²) in [6, 6.07) is 9.54. The number of carbonyl (C=O) groups excluding carboxylic acids is 1. The second-order valence-corrected chi connectivity index (χ2v) is 7.41. The zero-order valence-electron chi connectivity index (χ0n) is 13.6. The predicted octanol–water partition coefficient (Wildman–Crippen LogP) is 2.47. The van der Waals surface area contributed by atoms with Gasteiger partial charge in [-0.1, -0.05) is 28.1 Å². The van der Waals surface area contributed by atoms with Crippen molar-refractivity contribution in [2.75, 3.05) is 5.32 Å². The number of aryl methyl sites for hydroxylation is 1. The van der Waals surface area contributed by atoms with Gasteiger partial charge in [-0.25, -0.2) is 0 Å². The molecule has 0 fully saturated rings. The summed E-state index contributed by atoms with van der Waals surface area (Å²) in [7, 11) is 0. The van der Waals surface area contributed by atoms with Gasteiger partial charge in [0.15, 0.2) is 0 Å². The number of amides is 1. The third kappa shape index (κ3) is 3.50. The SMILES string of the molecule is CC(N)(C(=O)Nc1cnc2c(c1)CC(N)CC2)c1ccc(Br)cc1. The Morgan fingerprint density at radius 3 is 2.79 bits per heavy atom. The molecule has 1 heterocycles. The van der Waals surface area contributed by atoms with Gasteiger partial charge in [-0.2, -0.15) is 0 Å². The fourth-order valence-electron chi connectivity index (χ4n) is 2.90. The summed E-state index contributed by atoms with van der Waals surface area (Å²) >= 11 is 3.38. The van der Waals surface area contributed by atoms with E-state index in [1.807, 2.05) is 30.3 Å². The molecular formula is C18H21BrN4O. The minimum Gasteiger partial charge on any atom is -0.327 e. The van der Waals surface area contributed by atoms with Crippen molar-refractivity contribution in [1.29, 1.82) is 0 Å². The van der Waals surface area contributed by atoms with Crippen LogP contribution in [0.5, 0.6) is 0 Å². The Bertz CT molecular complexity index is 758. The molecule has 0 aliphatic heterocycles. The monoisotopic (exact) mass is 388 g/mol.